The number of hydrogen-bond donors (Lipinski definition) is 1. The minimum absolute atomic E-state index is 0.135. The summed E-state index contributed by atoms with van der Waals surface area (Å²) in [4.78, 5) is 38.2. The minimum Gasteiger partial charge on any atom is -0.472 e. The molecular formula is C15H18N2O4. The van der Waals surface area contributed by atoms with Gasteiger partial charge in [-0.1, -0.05) is 25.7 Å². The number of imide groups is 2. The molecule has 0 bridgehead atoms. The fraction of sp³-hybridized carbons (Fsp3) is 0.533. The predicted molar refractivity (Wildman–Crippen MR) is 72.9 cm³/mol. The normalized spacial score (nSPS) is 22.3. The number of nitrogens with one attached hydrogen (secondary N) is 1. The van der Waals surface area contributed by atoms with Gasteiger partial charge in [-0.3, -0.25) is 19.8 Å². The Bertz CT molecular complexity index is 556. The molecule has 1 saturated carbocycles. The number of furan rings is 1. The Morgan fingerprint density at radius 1 is 1.14 bits per heavy atom. The molecule has 1 spiro atoms. The molecule has 1 saturated heterocycles. The Morgan fingerprint density at radius 2 is 1.86 bits per heavy atom. The van der Waals surface area contributed by atoms with Crippen LogP contribution in [-0.2, 0) is 16.1 Å². The fourth-order valence-electron chi connectivity index (χ4n) is 3.21. The molecule has 0 aromatic carbocycles. The highest BCUT2D eigenvalue weighted by Gasteiger charge is 2.53. The Balaban J connectivity index is 1.89. The Morgan fingerprint density at radius 3 is 2.48 bits per heavy atom. The lowest BCUT2D eigenvalue weighted by Gasteiger charge is -2.38. The van der Waals surface area contributed by atoms with Gasteiger partial charge in [0, 0.05) is 5.56 Å². The van der Waals surface area contributed by atoms with E-state index in [1.807, 2.05) is 0 Å². The van der Waals surface area contributed by atoms with Crippen molar-refractivity contribution in [3.05, 3.63) is 24.2 Å². The van der Waals surface area contributed by atoms with Crippen LogP contribution in [0.2, 0.25) is 0 Å². The largest absolute Gasteiger partial charge is 0.472 e. The summed E-state index contributed by atoms with van der Waals surface area (Å²) in [6.45, 7) is 0.135. The highest BCUT2D eigenvalue weighted by Crippen LogP contribution is 2.39. The second-order valence-electron chi connectivity index (χ2n) is 5.78. The highest BCUT2D eigenvalue weighted by atomic mass is 16.3. The van der Waals surface area contributed by atoms with Crippen LogP contribution in [0.3, 0.4) is 0 Å². The van der Waals surface area contributed by atoms with Crippen molar-refractivity contribution in [1.29, 1.82) is 0 Å². The van der Waals surface area contributed by atoms with Crippen molar-refractivity contribution in [3.8, 4) is 0 Å². The predicted octanol–water partition coefficient (Wildman–Crippen LogP) is 2.20. The van der Waals surface area contributed by atoms with Crippen LogP contribution < -0.4 is 5.32 Å². The lowest BCUT2D eigenvalue weighted by molar-refractivity contribution is -0.153. The third-order valence-electron chi connectivity index (χ3n) is 4.43. The summed E-state index contributed by atoms with van der Waals surface area (Å²) < 4.78 is 4.97. The van der Waals surface area contributed by atoms with E-state index in [0.29, 0.717) is 12.8 Å². The molecule has 6 heteroatoms. The molecule has 0 unspecified atom stereocenters. The molecule has 6 nitrogen and oxygen atoms in total. The van der Waals surface area contributed by atoms with Gasteiger partial charge in [-0.2, -0.15) is 0 Å². The lowest BCUT2D eigenvalue weighted by atomic mass is 9.77. The van der Waals surface area contributed by atoms with Crippen molar-refractivity contribution in [2.45, 2.75) is 45.1 Å². The third-order valence-corrected chi connectivity index (χ3v) is 4.43. The monoisotopic (exact) mass is 290 g/mol. The van der Waals surface area contributed by atoms with Gasteiger partial charge in [0.2, 0.25) is 11.8 Å². The molecule has 0 radical (unpaired) electrons. The number of carbonyl (C=O) groups excluding carboxylic acids is 3. The molecule has 2 fully saturated rings. The van der Waals surface area contributed by atoms with E-state index in [1.165, 1.54) is 12.5 Å². The molecule has 1 N–H and O–H groups in total. The van der Waals surface area contributed by atoms with Crippen molar-refractivity contribution < 1.29 is 18.8 Å². The van der Waals surface area contributed by atoms with E-state index in [1.54, 1.807) is 6.07 Å². The van der Waals surface area contributed by atoms with Crippen molar-refractivity contribution >= 4 is 17.8 Å². The first-order valence-corrected chi connectivity index (χ1v) is 7.32. The summed E-state index contributed by atoms with van der Waals surface area (Å²) in [6, 6.07) is 1.07. The topological polar surface area (TPSA) is 79.6 Å². The van der Waals surface area contributed by atoms with Gasteiger partial charge in [0.25, 0.3) is 0 Å². The van der Waals surface area contributed by atoms with Crippen LogP contribution in [0, 0.1) is 5.41 Å². The summed E-state index contributed by atoms with van der Waals surface area (Å²) in [5.41, 5.74) is -0.328. The quantitative estimate of drug-likeness (QED) is 0.847. The van der Waals surface area contributed by atoms with Crippen molar-refractivity contribution in [2.24, 2.45) is 5.41 Å². The van der Waals surface area contributed by atoms with Gasteiger partial charge in [0.1, 0.15) is 5.41 Å². The molecule has 1 aromatic heterocycles. The summed E-state index contributed by atoms with van der Waals surface area (Å²) in [5.74, 6) is -0.790. The molecule has 2 aliphatic rings. The Labute approximate surface area is 122 Å². The van der Waals surface area contributed by atoms with Crippen LogP contribution in [0.15, 0.2) is 23.0 Å². The molecule has 21 heavy (non-hydrogen) atoms. The van der Waals surface area contributed by atoms with Crippen molar-refractivity contribution in [2.75, 3.05) is 0 Å². The van der Waals surface area contributed by atoms with Crippen LogP contribution in [0.5, 0.6) is 0 Å². The first kappa shape index (κ1) is 13.9. The summed E-state index contributed by atoms with van der Waals surface area (Å²) in [7, 11) is 0. The van der Waals surface area contributed by atoms with Gasteiger partial charge in [0.05, 0.1) is 19.1 Å². The van der Waals surface area contributed by atoms with Gasteiger partial charge < -0.3 is 4.42 Å². The summed E-state index contributed by atoms with van der Waals surface area (Å²) in [6.07, 6.45) is 7.76. The van der Waals surface area contributed by atoms with Crippen LogP contribution in [0.25, 0.3) is 0 Å². The highest BCUT2D eigenvalue weighted by molar-refractivity contribution is 6.19. The molecule has 112 valence electrons. The van der Waals surface area contributed by atoms with E-state index in [-0.39, 0.29) is 12.5 Å². The van der Waals surface area contributed by atoms with Crippen LogP contribution in [-0.4, -0.2) is 22.7 Å². The maximum Gasteiger partial charge on any atom is 0.331 e. The second-order valence-corrected chi connectivity index (χ2v) is 5.78. The number of urea groups is 1. The van der Waals surface area contributed by atoms with Gasteiger partial charge in [0.15, 0.2) is 0 Å². The van der Waals surface area contributed by atoms with Crippen LogP contribution >= 0.6 is 0 Å². The van der Waals surface area contributed by atoms with Crippen LogP contribution in [0.4, 0.5) is 4.79 Å². The molecule has 1 aliphatic heterocycles. The zero-order valence-corrected chi connectivity index (χ0v) is 11.8. The van der Waals surface area contributed by atoms with E-state index in [2.05, 4.69) is 5.32 Å². The first-order chi connectivity index (χ1) is 10.1. The van der Waals surface area contributed by atoms with E-state index in [4.69, 9.17) is 4.42 Å². The minimum atomic E-state index is -1.06. The average Bonchev–Trinajstić information content (AvgIpc) is 2.84. The fourth-order valence-corrected chi connectivity index (χ4v) is 3.21. The standard InChI is InChI=1S/C15H18N2O4/c18-12-15(6-3-1-2-4-7-15)13(19)17(14(20)16-12)9-11-5-8-21-10-11/h5,8,10H,1-4,6-7,9H2,(H,16,18,20). The summed E-state index contributed by atoms with van der Waals surface area (Å²) in [5, 5.41) is 2.36. The zero-order chi connectivity index (χ0) is 14.9. The van der Waals surface area contributed by atoms with E-state index >= 15 is 0 Å². The maximum atomic E-state index is 12.8. The second kappa shape index (κ2) is 5.35. The number of carbonyl (C=O) groups is 3. The van der Waals surface area contributed by atoms with E-state index < -0.39 is 17.4 Å². The molecule has 1 aliphatic carbocycles. The molecule has 3 rings (SSSR count). The molecule has 1 aromatic rings. The molecular weight excluding hydrogens is 272 g/mol. The number of nitrogens with zero attached hydrogens (tertiary/aromatic N) is 1. The van der Waals surface area contributed by atoms with Gasteiger partial charge in [-0.15, -0.1) is 0 Å². The number of rotatable bonds is 2. The van der Waals surface area contributed by atoms with Crippen molar-refractivity contribution in [3.63, 3.8) is 0 Å². The first-order valence-electron chi connectivity index (χ1n) is 7.32. The van der Waals surface area contributed by atoms with E-state index in [0.717, 1.165) is 36.1 Å². The summed E-state index contributed by atoms with van der Waals surface area (Å²) >= 11 is 0. The van der Waals surface area contributed by atoms with Gasteiger partial charge >= 0.3 is 6.03 Å². The maximum absolute atomic E-state index is 12.8. The number of hydrogen-bond acceptors (Lipinski definition) is 4. The third kappa shape index (κ3) is 2.34. The van der Waals surface area contributed by atoms with E-state index in [9.17, 15) is 14.4 Å². The average molecular weight is 290 g/mol. The number of barbiturate groups is 1. The molecule has 0 atom stereocenters. The van der Waals surface area contributed by atoms with Gasteiger partial charge in [-0.25, -0.2) is 4.79 Å². The lowest BCUT2D eigenvalue weighted by Crippen LogP contribution is -2.63. The van der Waals surface area contributed by atoms with Crippen molar-refractivity contribution in [1.82, 2.24) is 10.2 Å². The molecule has 4 amide bonds. The number of amides is 4. The SMILES string of the molecule is O=C1NC(=O)C2(CCCCCC2)C(=O)N1Cc1ccoc1. The smallest absolute Gasteiger partial charge is 0.331 e. The van der Waals surface area contributed by atoms with Crippen LogP contribution in [0.1, 0.15) is 44.1 Å². The Kier molecular flexibility index (Phi) is 3.53. The zero-order valence-electron chi connectivity index (χ0n) is 11.8. The molecule has 2 heterocycles. The van der Waals surface area contributed by atoms with Gasteiger partial charge in [-0.05, 0) is 18.9 Å². The Hall–Kier alpha value is -2.11.